The van der Waals surface area contributed by atoms with Crippen LogP contribution in [0.3, 0.4) is 0 Å². The Balaban J connectivity index is 1.41. The van der Waals surface area contributed by atoms with E-state index in [1.54, 1.807) is 17.0 Å². The fourth-order valence-corrected chi connectivity index (χ4v) is 4.79. The molecule has 0 saturated carbocycles. The molecule has 8 nitrogen and oxygen atoms in total. The minimum atomic E-state index is -0.607. The number of urea groups is 1. The molecule has 3 unspecified atom stereocenters. The lowest BCUT2D eigenvalue weighted by Gasteiger charge is -2.43. The van der Waals surface area contributed by atoms with Gasteiger partial charge in [-0.1, -0.05) is 19.9 Å². The van der Waals surface area contributed by atoms with Crippen LogP contribution in [0.25, 0.3) is 0 Å². The number of likely N-dealkylation sites (tertiary alicyclic amines) is 1. The van der Waals surface area contributed by atoms with Gasteiger partial charge in [-0.25, -0.2) is 4.79 Å². The van der Waals surface area contributed by atoms with Crippen LogP contribution < -0.4 is 16.2 Å². The Kier molecular flexibility index (Phi) is 5.89. The van der Waals surface area contributed by atoms with Gasteiger partial charge < -0.3 is 24.7 Å². The van der Waals surface area contributed by atoms with E-state index in [-0.39, 0.29) is 35.3 Å². The maximum Gasteiger partial charge on any atom is 0.318 e. The fraction of sp³-hybridized carbons (Fsp3) is 0.522. The van der Waals surface area contributed by atoms with E-state index in [2.05, 4.69) is 10.6 Å². The van der Waals surface area contributed by atoms with Crippen molar-refractivity contribution in [3.05, 3.63) is 58.3 Å². The van der Waals surface area contributed by atoms with Crippen molar-refractivity contribution < 1.29 is 9.59 Å². The van der Waals surface area contributed by atoms with Gasteiger partial charge in [0, 0.05) is 56.3 Å². The van der Waals surface area contributed by atoms with Crippen LogP contribution in [0.1, 0.15) is 37.6 Å². The zero-order valence-corrected chi connectivity index (χ0v) is 18.4. The van der Waals surface area contributed by atoms with Crippen molar-refractivity contribution >= 4 is 11.9 Å². The van der Waals surface area contributed by atoms with E-state index in [1.807, 2.05) is 54.4 Å². The van der Waals surface area contributed by atoms with Crippen molar-refractivity contribution in [2.45, 2.75) is 45.3 Å². The van der Waals surface area contributed by atoms with Crippen LogP contribution in [0, 0.1) is 11.8 Å². The summed E-state index contributed by atoms with van der Waals surface area (Å²) in [5, 5.41) is 5.90. The third kappa shape index (κ3) is 4.38. The molecule has 166 valence electrons. The average molecular weight is 426 g/mol. The second-order valence-electron chi connectivity index (χ2n) is 9.10. The number of aromatic nitrogens is 2. The van der Waals surface area contributed by atoms with Crippen LogP contribution in [-0.2, 0) is 24.9 Å². The monoisotopic (exact) mass is 425 g/mol. The molecule has 4 rings (SSSR count). The Morgan fingerprint density at radius 3 is 2.65 bits per heavy atom. The van der Waals surface area contributed by atoms with E-state index in [1.165, 1.54) is 0 Å². The Morgan fingerprint density at radius 2 is 1.94 bits per heavy atom. The fourth-order valence-electron chi connectivity index (χ4n) is 4.79. The number of nitrogens with one attached hydrogen (secondary N) is 2. The normalized spacial score (nSPS) is 20.8. The molecule has 2 aromatic rings. The largest absolute Gasteiger partial charge is 0.353 e. The van der Waals surface area contributed by atoms with Crippen LogP contribution >= 0.6 is 0 Å². The molecule has 4 heterocycles. The number of fused-ring (bicyclic) bond motifs is 4. The van der Waals surface area contributed by atoms with Crippen LogP contribution in [0.5, 0.6) is 0 Å². The number of aryl methyl sites for hydroxylation is 1. The lowest BCUT2D eigenvalue weighted by atomic mass is 9.83. The third-order valence-corrected chi connectivity index (χ3v) is 6.49. The Labute approximate surface area is 182 Å². The van der Waals surface area contributed by atoms with Gasteiger partial charge in [-0.2, -0.15) is 0 Å². The summed E-state index contributed by atoms with van der Waals surface area (Å²) in [6.45, 7) is 6.07. The van der Waals surface area contributed by atoms with Crippen LogP contribution in [0.2, 0.25) is 0 Å². The Morgan fingerprint density at radius 1 is 1.13 bits per heavy atom. The molecule has 0 spiro atoms. The van der Waals surface area contributed by atoms with E-state index in [9.17, 15) is 14.4 Å². The molecule has 31 heavy (non-hydrogen) atoms. The maximum atomic E-state index is 13.1. The quantitative estimate of drug-likeness (QED) is 0.764. The highest BCUT2D eigenvalue weighted by Gasteiger charge is 2.37. The van der Waals surface area contributed by atoms with Crippen LogP contribution in [0.15, 0.2) is 41.3 Å². The molecule has 0 aliphatic carbocycles. The van der Waals surface area contributed by atoms with E-state index in [0.29, 0.717) is 26.2 Å². The molecule has 2 N–H and O–H groups in total. The predicted molar refractivity (Wildman–Crippen MR) is 118 cm³/mol. The van der Waals surface area contributed by atoms with E-state index in [0.717, 1.165) is 17.8 Å². The zero-order chi connectivity index (χ0) is 22.1. The summed E-state index contributed by atoms with van der Waals surface area (Å²) in [7, 11) is 1.93. The summed E-state index contributed by atoms with van der Waals surface area (Å²) < 4.78 is 3.81. The Bertz CT molecular complexity index is 1020. The summed E-state index contributed by atoms with van der Waals surface area (Å²) >= 11 is 0. The van der Waals surface area contributed by atoms with Gasteiger partial charge in [0.15, 0.2) is 0 Å². The minimum absolute atomic E-state index is 0.0277. The number of rotatable bonds is 5. The molecule has 2 aromatic heterocycles. The molecular formula is C23H31N5O3. The molecule has 8 heteroatoms. The van der Waals surface area contributed by atoms with Gasteiger partial charge in [0.1, 0.15) is 6.04 Å². The molecular weight excluding hydrogens is 394 g/mol. The van der Waals surface area contributed by atoms with Gasteiger partial charge in [-0.15, -0.1) is 0 Å². The molecule has 3 amide bonds. The maximum absolute atomic E-state index is 13.1. The van der Waals surface area contributed by atoms with Crippen molar-refractivity contribution in [1.29, 1.82) is 0 Å². The number of hydrogen-bond donors (Lipinski definition) is 2. The van der Waals surface area contributed by atoms with Gasteiger partial charge in [-0.05, 0) is 36.5 Å². The molecule has 2 aliphatic heterocycles. The first kappa shape index (κ1) is 21.2. The molecule has 1 fully saturated rings. The van der Waals surface area contributed by atoms with Gasteiger partial charge in [-0.3, -0.25) is 9.59 Å². The summed E-state index contributed by atoms with van der Waals surface area (Å²) in [6, 6.07) is 8.44. The standard InChI is InChI=1S/C23H31N5O3/c1-15(2)21(22(30)24-11-18-6-5-9-26(18)3)25-23(31)27-12-16-10-17(14-27)19-7-4-8-20(29)28(19)13-16/h4-9,15-17,21H,10-14H2,1-3H3,(H,24,30)(H,25,31). The van der Waals surface area contributed by atoms with Gasteiger partial charge in [0.2, 0.25) is 5.91 Å². The highest BCUT2D eigenvalue weighted by atomic mass is 16.2. The van der Waals surface area contributed by atoms with Crippen LogP contribution in [0.4, 0.5) is 4.79 Å². The third-order valence-electron chi connectivity index (χ3n) is 6.49. The van der Waals surface area contributed by atoms with E-state index in [4.69, 9.17) is 0 Å². The number of hydrogen-bond acceptors (Lipinski definition) is 3. The first-order valence-corrected chi connectivity index (χ1v) is 11.0. The summed E-state index contributed by atoms with van der Waals surface area (Å²) in [6.07, 6.45) is 2.92. The molecule has 0 aromatic carbocycles. The summed E-state index contributed by atoms with van der Waals surface area (Å²) in [4.78, 5) is 39.9. The number of carbonyl (C=O) groups is 2. The topological polar surface area (TPSA) is 88.4 Å². The predicted octanol–water partition coefficient (Wildman–Crippen LogP) is 1.66. The first-order chi connectivity index (χ1) is 14.8. The highest BCUT2D eigenvalue weighted by Crippen LogP contribution is 2.34. The molecule has 0 radical (unpaired) electrons. The second kappa shape index (κ2) is 8.61. The first-order valence-electron chi connectivity index (χ1n) is 11.0. The van der Waals surface area contributed by atoms with Gasteiger partial charge >= 0.3 is 6.03 Å². The lowest BCUT2D eigenvalue weighted by Crippen LogP contribution is -2.57. The smallest absolute Gasteiger partial charge is 0.318 e. The number of nitrogens with zero attached hydrogens (tertiary/aromatic N) is 3. The van der Waals surface area contributed by atoms with Crippen molar-refractivity contribution in [3.8, 4) is 0 Å². The van der Waals surface area contributed by atoms with Crippen molar-refractivity contribution in [1.82, 2.24) is 24.7 Å². The average Bonchev–Trinajstić information content (AvgIpc) is 3.15. The number of amides is 3. The molecule has 2 bridgehead atoms. The number of pyridine rings is 1. The summed E-state index contributed by atoms with van der Waals surface area (Å²) in [5.41, 5.74) is 2.03. The minimum Gasteiger partial charge on any atom is -0.353 e. The molecule has 2 aliphatic rings. The van der Waals surface area contributed by atoms with E-state index >= 15 is 0 Å². The number of carbonyl (C=O) groups excluding carboxylic acids is 2. The van der Waals surface area contributed by atoms with Gasteiger partial charge in [0.25, 0.3) is 5.56 Å². The van der Waals surface area contributed by atoms with Crippen molar-refractivity contribution in [3.63, 3.8) is 0 Å². The summed E-state index contributed by atoms with van der Waals surface area (Å²) in [5.74, 6) is 0.177. The zero-order valence-electron chi connectivity index (χ0n) is 18.4. The van der Waals surface area contributed by atoms with Crippen molar-refractivity contribution in [2.24, 2.45) is 18.9 Å². The number of piperidine rings is 1. The highest BCUT2D eigenvalue weighted by molar-refractivity contribution is 5.87. The Hall–Kier alpha value is -3.03. The second-order valence-corrected chi connectivity index (χ2v) is 9.10. The van der Waals surface area contributed by atoms with E-state index < -0.39 is 6.04 Å². The lowest BCUT2D eigenvalue weighted by molar-refractivity contribution is -0.124. The van der Waals surface area contributed by atoms with Crippen LogP contribution in [-0.4, -0.2) is 45.1 Å². The van der Waals surface area contributed by atoms with Crippen molar-refractivity contribution in [2.75, 3.05) is 13.1 Å². The molecule has 1 saturated heterocycles. The SMILES string of the molecule is CC(C)C(NC(=O)N1CC2CC(C1)c1cccc(=O)n1C2)C(=O)NCc1cccn1C. The molecule has 3 atom stereocenters. The van der Waals surface area contributed by atoms with Gasteiger partial charge in [0.05, 0.1) is 6.54 Å².